The molecule has 3 heterocycles. The summed E-state index contributed by atoms with van der Waals surface area (Å²) in [5, 5.41) is 21.4. The van der Waals surface area contributed by atoms with Crippen molar-refractivity contribution in [1.82, 2.24) is 21.3 Å². The number of carbonyl (C=O) groups excluding carboxylic acids is 4. The standard InChI is InChI=1S/C29H36N4O7/c1-16(2)25-29(38)30-17(3)26(35)32-23(28(37)31-19-10-12-39-13-11-19)14-18-4-6-20(7-5-18)40-21-8-9-24(34)22(15-21)27(36)33-25/h4-9,15-17,19,23,25,34H,10-14H2,1-3H3,(H,30,38)(H,31,37)(H,32,35)(H,33,36)/t17-,23-,25-/m0/s1. The Labute approximate surface area is 233 Å². The van der Waals surface area contributed by atoms with Crippen molar-refractivity contribution in [3.8, 4) is 17.2 Å². The smallest absolute Gasteiger partial charge is 0.255 e. The first-order chi connectivity index (χ1) is 19.1. The second kappa shape index (κ2) is 12.8. The highest BCUT2D eigenvalue weighted by atomic mass is 16.5. The summed E-state index contributed by atoms with van der Waals surface area (Å²) in [6.45, 7) is 6.13. The summed E-state index contributed by atoms with van der Waals surface area (Å²) < 4.78 is 11.3. The molecule has 3 aliphatic heterocycles. The molecule has 3 aliphatic rings. The van der Waals surface area contributed by atoms with Crippen molar-refractivity contribution in [1.29, 1.82) is 0 Å². The van der Waals surface area contributed by atoms with Gasteiger partial charge in [0, 0.05) is 25.7 Å². The van der Waals surface area contributed by atoms with Crippen molar-refractivity contribution < 1.29 is 33.8 Å². The molecule has 2 aromatic rings. The number of nitrogens with one attached hydrogen (secondary N) is 4. The molecule has 11 heteroatoms. The van der Waals surface area contributed by atoms with Gasteiger partial charge in [0.15, 0.2) is 0 Å². The van der Waals surface area contributed by atoms with E-state index in [2.05, 4.69) is 21.3 Å². The number of carbonyl (C=O) groups is 4. The lowest BCUT2D eigenvalue weighted by molar-refractivity contribution is -0.132. The van der Waals surface area contributed by atoms with E-state index in [-0.39, 0.29) is 35.6 Å². The lowest BCUT2D eigenvalue weighted by atomic mass is 10.0. The molecule has 3 atom stereocenters. The average molecular weight is 553 g/mol. The molecule has 0 spiro atoms. The molecule has 2 aromatic carbocycles. The normalized spacial score (nSPS) is 22.8. The van der Waals surface area contributed by atoms with Crippen molar-refractivity contribution >= 4 is 23.6 Å². The van der Waals surface area contributed by atoms with Gasteiger partial charge in [0.25, 0.3) is 5.91 Å². The van der Waals surface area contributed by atoms with E-state index in [0.29, 0.717) is 37.6 Å². The number of phenolic OH excluding ortho intramolecular Hbond substituents is 1. The molecule has 0 aliphatic carbocycles. The van der Waals surface area contributed by atoms with E-state index < -0.39 is 35.8 Å². The molecule has 214 valence electrons. The van der Waals surface area contributed by atoms with Gasteiger partial charge in [-0.15, -0.1) is 0 Å². The van der Waals surface area contributed by atoms with E-state index in [1.54, 1.807) is 38.1 Å². The molecule has 40 heavy (non-hydrogen) atoms. The van der Waals surface area contributed by atoms with E-state index in [0.717, 1.165) is 5.56 Å². The van der Waals surface area contributed by atoms with Crippen molar-refractivity contribution in [2.24, 2.45) is 5.92 Å². The predicted molar refractivity (Wildman–Crippen MR) is 146 cm³/mol. The quantitative estimate of drug-likeness (QED) is 0.364. The average Bonchev–Trinajstić information content (AvgIpc) is 2.93. The Morgan fingerprint density at radius 2 is 1.62 bits per heavy atom. The summed E-state index contributed by atoms with van der Waals surface area (Å²) in [6.07, 6.45) is 1.59. The van der Waals surface area contributed by atoms with Gasteiger partial charge in [-0.1, -0.05) is 26.0 Å². The minimum absolute atomic E-state index is 0.0512. The molecule has 4 bridgehead atoms. The van der Waals surface area contributed by atoms with Crippen molar-refractivity contribution in [2.45, 2.75) is 64.2 Å². The van der Waals surface area contributed by atoms with Crippen LogP contribution < -0.4 is 26.0 Å². The summed E-state index contributed by atoms with van der Waals surface area (Å²) in [6, 6.07) is 8.34. The molecular weight excluding hydrogens is 516 g/mol. The Bertz CT molecular complexity index is 1240. The molecule has 0 aromatic heterocycles. The largest absolute Gasteiger partial charge is 0.507 e. The molecule has 11 nitrogen and oxygen atoms in total. The first-order valence-corrected chi connectivity index (χ1v) is 13.5. The molecule has 0 unspecified atom stereocenters. The fraction of sp³-hybridized carbons (Fsp3) is 0.448. The zero-order valence-corrected chi connectivity index (χ0v) is 22.9. The highest BCUT2D eigenvalue weighted by Crippen LogP contribution is 2.28. The van der Waals surface area contributed by atoms with Gasteiger partial charge in [-0.05, 0) is 61.6 Å². The van der Waals surface area contributed by atoms with Crippen LogP contribution in [0.3, 0.4) is 0 Å². The third-order valence-corrected chi connectivity index (χ3v) is 7.00. The number of hydrogen-bond acceptors (Lipinski definition) is 7. The Kier molecular flexibility index (Phi) is 9.26. The Morgan fingerprint density at radius 3 is 2.30 bits per heavy atom. The van der Waals surface area contributed by atoms with Gasteiger partial charge in [0.1, 0.15) is 35.4 Å². The Morgan fingerprint density at radius 1 is 0.950 bits per heavy atom. The maximum absolute atomic E-state index is 13.3. The maximum atomic E-state index is 13.3. The summed E-state index contributed by atoms with van der Waals surface area (Å²) in [4.78, 5) is 52.6. The molecule has 5 rings (SSSR count). The molecule has 5 N–H and O–H groups in total. The number of benzene rings is 2. The van der Waals surface area contributed by atoms with Crippen molar-refractivity contribution in [2.75, 3.05) is 13.2 Å². The van der Waals surface area contributed by atoms with Crippen molar-refractivity contribution in [3.05, 3.63) is 53.6 Å². The van der Waals surface area contributed by atoms with Crippen LogP contribution in [0.5, 0.6) is 17.2 Å². The van der Waals surface area contributed by atoms with E-state index >= 15 is 0 Å². The summed E-state index contributed by atoms with van der Waals surface area (Å²) in [5.41, 5.74) is 0.723. The SMILES string of the molecule is CC(C)[C@@H]1NC(=O)c2cc(ccc2O)Oc2ccc(cc2)C[C@@H](C(=O)NC2CCOCC2)NC(=O)[C@H](C)NC1=O. The number of amides is 4. The monoisotopic (exact) mass is 552 g/mol. The minimum Gasteiger partial charge on any atom is -0.507 e. The molecular formula is C29H36N4O7. The molecule has 0 saturated carbocycles. The lowest BCUT2D eigenvalue weighted by Crippen LogP contribution is -2.57. The van der Waals surface area contributed by atoms with Gasteiger partial charge in [0.05, 0.1) is 5.56 Å². The first kappa shape index (κ1) is 28.9. The third kappa shape index (κ3) is 7.29. The van der Waals surface area contributed by atoms with E-state index in [9.17, 15) is 24.3 Å². The van der Waals surface area contributed by atoms with Crippen LogP contribution in [-0.2, 0) is 25.5 Å². The fourth-order valence-electron chi connectivity index (χ4n) is 4.60. The van der Waals surface area contributed by atoms with Crippen LogP contribution in [0.25, 0.3) is 0 Å². The highest BCUT2D eigenvalue weighted by molar-refractivity contribution is 6.00. The number of hydrogen-bond donors (Lipinski definition) is 5. The zero-order chi connectivity index (χ0) is 28.8. The minimum atomic E-state index is -0.995. The summed E-state index contributed by atoms with van der Waals surface area (Å²) in [5.74, 6) is -1.91. The first-order valence-electron chi connectivity index (χ1n) is 13.5. The Hall–Kier alpha value is -4.12. The molecule has 0 radical (unpaired) electrons. The highest BCUT2D eigenvalue weighted by Gasteiger charge is 2.31. The van der Waals surface area contributed by atoms with Crippen molar-refractivity contribution in [3.63, 3.8) is 0 Å². The molecule has 1 saturated heterocycles. The molecule has 4 amide bonds. The number of rotatable bonds is 3. The topological polar surface area (TPSA) is 155 Å². The molecule has 1 fully saturated rings. The van der Waals surface area contributed by atoms with Crippen LogP contribution in [0, 0.1) is 5.92 Å². The van der Waals surface area contributed by atoms with Gasteiger partial charge in [-0.2, -0.15) is 0 Å². The van der Waals surface area contributed by atoms with Gasteiger partial charge in [-0.25, -0.2) is 0 Å². The number of aromatic hydroxyl groups is 1. The second-order valence-electron chi connectivity index (χ2n) is 10.5. The van der Waals surface area contributed by atoms with Gasteiger partial charge >= 0.3 is 0 Å². The van der Waals surface area contributed by atoms with Gasteiger partial charge in [-0.3, -0.25) is 19.2 Å². The fourth-order valence-corrected chi connectivity index (χ4v) is 4.60. The number of phenols is 1. The van der Waals surface area contributed by atoms with Crippen LogP contribution in [0.15, 0.2) is 42.5 Å². The third-order valence-electron chi connectivity index (χ3n) is 7.00. The van der Waals surface area contributed by atoms with Crippen LogP contribution >= 0.6 is 0 Å². The van der Waals surface area contributed by atoms with Crippen LogP contribution in [-0.4, -0.2) is 66.1 Å². The van der Waals surface area contributed by atoms with E-state index in [1.165, 1.54) is 25.1 Å². The number of fused-ring (bicyclic) bond motifs is 11. The van der Waals surface area contributed by atoms with Gasteiger partial charge in [0.2, 0.25) is 17.7 Å². The van der Waals surface area contributed by atoms with Crippen LogP contribution in [0.2, 0.25) is 0 Å². The van der Waals surface area contributed by atoms with Gasteiger partial charge < -0.3 is 35.8 Å². The zero-order valence-electron chi connectivity index (χ0n) is 22.9. The van der Waals surface area contributed by atoms with Crippen LogP contribution in [0.1, 0.15) is 49.5 Å². The van der Waals surface area contributed by atoms with E-state index in [1.807, 2.05) is 0 Å². The predicted octanol–water partition coefficient (Wildman–Crippen LogP) is 1.78. The second-order valence-corrected chi connectivity index (χ2v) is 10.5. The van der Waals surface area contributed by atoms with Crippen LogP contribution in [0.4, 0.5) is 0 Å². The van der Waals surface area contributed by atoms with E-state index in [4.69, 9.17) is 9.47 Å². The summed E-state index contributed by atoms with van der Waals surface area (Å²) in [7, 11) is 0. The summed E-state index contributed by atoms with van der Waals surface area (Å²) >= 11 is 0. The lowest BCUT2D eigenvalue weighted by Gasteiger charge is -2.28. The Balaban J connectivity index is 1.64. The maximum Gasteiger partial charge on any atom is 0.255 e. The number of ether oxygens (including phenoxy) is 2.